The predicted molar refractivity (Wildman–Crippen MR) is 96.7 cm³/mol. The molecular formula is C22H32O2. The first-order valence-electron chi connectivity index (χ1n) is 10.2. The summed E-state index contributed by atoms with van der Waals surface area (Å²) in [5, 5.41) is 0. The molecule has 0 aromatic rings. The molecule has 0 N–H and O–H groups in total. The lowest BCUT2D eigenvalue weighted by atomic mass is 9.50. The minimum atomic E-state index is 0.0609. The van der Waals surface area contributed by atoms with Crippen molar-refractivity contribution >= 4 is 5.78 Å². The Morgan fingerprint density at radius 3 is 2.96 bits per heavy atom. The molecule has 4 rings (SSSR count). The summed E-state index contributed by atoms with van der Waals surface area (Å²) in [6, 6.07) is 0. The lowest BCUT2D eigenvalue weighted by Crippen LogP contribution is -2.59. The fourth-order valence-electron chi connectivity index (χ4n) is 6.50. The molecule has 0 radical (unpaired) electrons. The Kier molecular flexibility index (Phi) is 4.23. The molecule has 0 bridgehead atoms. The topological polar surface area (TPSA) is 26.3 Å². The van der Waals surface area contributed by atoms with E-state index in [4.69, 9.17) is 4.74 Å². The Balaban J connectivity index is 1.69. The Morgan fingerprint density at radius 2 is 2.12 bits per heavy atom. The predicted octanol–water partition coefficient (Wildman–Crippen LogP) is 5.23. The second-order valence-corrected chi connectivity index (χ2v) is 8.91. The van der Waals surface area contributed by atoms with Crippen molar-refractivity contribution in [2.24, 2.45) is 23.2 Å². The minimum absolute atomic E-state index is 0.0609. The summed E-state index contributed by atoms with van der Waals surface area (Å²) in [4.78, 5) is 11.8. The van der Waals surface area contributed by atoms with Gasteiger partial charge in [-0.2, -0.15) is 0 Å². The number of fused-ring (bicyclic) bond motifs is 5. The zero-order valence-corrected chi connectivity index (χ0v) is 15.4. The van der Waals surface area contributed by atoms with Gasteiger partial charge >= 0.3 is 0 Å². The van der Waals surface area contributed by atoms with Gasteiger partial charge in [-0.1, -0.05) is 38.3 Å². The SMILES string of the molecule is CCCCOC12CCC3=CC(=O)C=C[C@@H]3[C@H]1CC[C@]1(C)CCC[C@@H]21. The molecule has 4 aliphatic carbocycles. The van der Waals surface area contributed by atoms with Crippen LogP contribution in [0, 0.1) is 23.2 Å². The maximum atomic E-state index is 11.8. The van der Waals surface area contributed by atoms with Crippen LogP contribution in [0.5, 0.6) is 0 Å². The van der Waals surface area contributed by atoms with Crippen molar-refractivity contribution in [3.05, 3.63) is 23.8 Å². The highest BCUT2D eigenvalue weighted by atomic mass is 16.5. The van der Waals surface area contributed by atoms with Gasteiger partial charge in [-0.15, -0.1) is 0 Å². The molecule has 24 heavy (non-hydrogen) atoms. The molecule has 2 nitrogen and oxygen atoms in total. The van der Waals surface area contributed by atoms with Gasteiger partial charge in [0.25, 0.3) is 0 Å². The molecular weight excluding hydrogens is 296 g/mol. The van der Waals surface area contributed by atoms with Crippen molar-refractivity contribution in [3.63, 3.8) is 0 Å². The van der Waals surface area contributed by atoms with Gasteiger partial charge in [-0.3, -0.25) is 4.79 Å². The normalized spacial score (nSPS) is 43.8. The highest BCUT2D eigenvalue weighted by Crippen LogP contribution is 2.64. The summed E-state index contributed by atoms with van der Waals surface area (Å²) in [6.45, 7) is 5.68. The molecule has 0 saturated heterocycles. The van der Waals surface area contributed by atoms with E-state index in [9.17, 15) is 4.79 Å². The van der Waals surface area contributed by atoms with E-state index in [1.165, 1.54) is 50.5 Å². The van der Waals surface area contributed by atoms with Crippen LogP contribution in [0.2, 0.25) is 0 Å². The van der Waals surface area contributed by atoms with Gasteiger partial charge in [0.2, 0.25) is 0 Å². The van der Waals surface area contributed by atoms with E-state index in [2.05, 4.69) is 19.9 Å². The molecule has 3 saturated carbocycles. The van der Waals surface area contributed by atoms with E-state index in [-0.39, 0.29) is 11.4 Å². The number of ether oxygens (including phenoxy) is 1. The monoisotopic (exact) mass is 328 g/mol. The lowest BCUT2D eigenvalue weighted by molar-refractivity contribution is -0.194. The van der Waals surface area contributed by atoms with Crippen molar-refractivity contribution in [1.82, 2.24) is 0 Å². The van der Waals surface area contributed by atoms with Gasteiger partial charge in [0, 0.05) is 12.5 Å². The third-order valence-corrected chi connectivity index (χ3v) is 7.66. The zero-order chi connectivity index (χ0) is 16.8. The summed E-state index contributed by atoms with van der Waals surface area (Å²) in [7, 11) is 0. The van der Waals surface area contributed by atoms with Crippen LogP contribution in [0.3, 0.4) is 0 Å². The van der Waals surface area contributed by atoms with Crippen LogP contribution in [0.25, 0.3) is 0 Å². The largest absolute Gasteiger partial charge is 0.374 e. The standard InChI is InChI=1S/C22H32O2/c1-3-4-14-24-22-13-9-16-15-17(23)7-8-18(16)19(22)10-12-21(2)11-5-6-20(21)22/h7-8,15,18-20H,3-6,9-14H2,1-2H3/t18-,19+,20+,21-,22?/m0/s1. The summed E-state index contributed by atoms with van der Waals surface area (Å²) in [5.74, 6) is 1.92. The zero-order valence-electron chi connectivity index (χ0n) is 15.4. The number of allylic oxidation sites excluding steroid dienone is 4. The average Bonchev–Trinajstić information content (AvgIpc) is 2.97. The smallest absolute Gasteiger partial charge is 0.178 e. The van der Waals surface area contributed by atoms with Gasteiger partial charge in [-0.25, -0.2) is 0 Å². The number of ketones is 1. The van der Waals surface area contributed by atoms with Crippen LogP contribution >= 0.6 is 0 Å². The summed E-state index contributed by atoms with van der Waals surface area (Å²) >= 11 is 0. The lowest BCUT2D eigenvalue weighted by Gasteiger charge is -2.59. The van der Waals surface area contributed by atoms with Crippen LogP contribution in [0.4, 0.5) is 0 Å². The number of rotatable bonds is 4. The molecule has 0 heterocycles. The summed E-state index contributed by atoms with van der Waals surface area (Å²) in [6.07, 6.45) is 17.2. The summed E-state index contributed by atoms with van der Waals surface area (Å²) < 4.78 is 6.82. The number of hydrogen-bond donors (Lipinski definition) is 0. The first-order chi connectivity index (χ1) is 11.6. The minimum Gasteiger partial charge on any atom is -0.374 e. The van der Waals surface area contributed by atoms with E-state index in [0.29, 0.717) is 23.2 Å². The fraction of sp³-hybridized carbons (Fsp3) is 0.773. The molecule has 1 unspecified atom stereocenters. The fourth-order valence-corrected chi connectivity index (χ4v) is 6.50. The van der Waals surface area contributed by atoms with E-state index >= 15 is 0 Å². The molecule has 0 amide bonds. The van der Waals surface area contributed by atoms with Crippen LogP contribution < -0.4 is 0 Å². The Bertz CT molecular complexity index is 575. The van der Waals surface area contributed by atoms with Crippen molar-refractivity contribution in [3.8, 4) is 0 Å². The quantitative estimate of drug-likeness (QED) is 0.660. The number of carbonyl (C=O) groups excluding carboxylic acids is 1. The van der Waals surface area contributed by atoms with Crippen molar-refractivity contribution in [2.45, 2.75) is 77.2 Å². The van der Waals surface area contributed by atoms with Gasteiger partial charge < -0.3 is 4.74 Å². The van der Waals surface area contributed by atoms with E-state index in [0.717, 1.165) is 19.4 Å². The molecule has 0 aromatic carbocycles. The molecule has 5 atom stereocenters. The van der Waals surface area contributed by atoms with E-state index in [1.54, 1.807) is 6.08 Å². The van der Waals surface area contributed by atoms with Gasteiger partial charge in [-0.05, 0) is 74.3 Å². The Morgan fingerprint density at radius 1 is 1.25 bits per heavy atom. The number of carbonyl (C=O) groups is 1. The maximum Gasteiger partial charge on any atom is 0.178 e. The molecule has 132 valence electrons. The maximum absolute atomic E-state index is 11.8. The van der Waals surface area contributed by atoms with Crippen LogP contribution in [0.15, 0.2) is 23.8 Å². The van der Waals surface area contributed by atoms with Crippen LogP contribution in [0.1, 0.15) is 71.6 Å². The second-order valence-electron chi connectivity index (χ2n) is 8.91. The van der Waals surface area contributed by atoms with Crippen molar-refractivity contribution in [1.29, 1.82) is 0 Å². The van der Waals surface area contributed by atoms with Gasteiger partial charge in [0.15, 0.2) is 5.78 Å². The Hall–Kier alpha value is -0.890. The van der Waals surface area contributed by atoms with E-state index < -0.39 is 0 Å². The van der Waals surface area contributed by atoms with Crippen LogP contribution in [-0.4, -0.2) is 18.0 Å². The number of hydrogen-bond acceptors (Lipinski definition) is 2. The molecule has 0 aliphatic heterocycles. The van der Waals surface area contributed by atoms with Crippen molar-refractivity contribution < 1.29 is 9.53 Å². The van der Waals surface area contributed by atoms with Gasteiger partial charge in [0.1, 0.15) is 0 Å². The highest BCUT2D eigenvalue weighted by Gasteiger charge is 2.61. The molecule has 0 aromatic heterocycles. The Labute approximate surface area is 146 Å². The first kappa shape index (κ1) is 16.6. The second kappa shape index (κ2) is 6.12. The van der Waals surface area contributed by atoms with Crippen molar-refractivity contribution in [2.75, 3.05) is 6.61 Å². The molecule has 3 fully saturated rings. The van der Waals surface area contributed by atoms with Crippen LogP contribution in [-0.2, 0) is 9.53 Å². The first-order valence-corrected chi connectivity index (χ1v) is 10.2. The summed E-state index contributed by atoms with van der Waals surface area (Å²) in [5.41, 5.74) is 1.92. The average molecular weight is 328 g/mol. The highest BCUT2D eigenvalue weighted by molar-refractivity contribution is 6.00. The van der Waals surface area contributed by atoms with Gasteiger partial charge in [0.05, 0.1) is 5.60 Å². The third-order valence-electron chi connectivity index (χ3n) is 7.66. The molecule has 4 aliphatic rings. The third kappa shape index (κ3) is 2.44. The molecule has 0 spiro atoms. The molecule has 2 heteroatoms. The van der Waals surface area contributed by atoms with E-state index in [1.807, 2.05) is 6.08 Å². The number of unbranched alkanes of at least 4 members (excludes halogenated alkanes) is 1.